The SMILES string of the molecule is CC1(C(=O)O)CCN(C(=O)CCNC(=O)C2CCCC2)C1. The zero-order chi connectivity index (χ0) is 15.5. The number of carboxylic acid groups (broad SMARTS) is 1. The Labute approximate surface area is 124 Å². The van der Waals surface area contributed by atoms with Gasteiger partial charge < -0.3 is 15.3 Å². The highest BCUT2D eigenvalue weighted by Gasteiger charge is 2.41. The van der Waals surface area contributed by atoms with Gasteiger partial charge in [-0.1, -0.05) is 12.8 Å². The predicted octanol–water partition coefficient (Wildman–Crippen LogP) is 1.01. The number of carbonyl (C=O) groups excluding carboxylic acids is 2. The Morgan fingerprint density at radius 3 is 2.52 bits per heavy atom. The van der Waals surface area contributed by atoms with Crippen molar-refractivity contribution < 1.29 is 19.5 Å². The molecule has 1 aliphatic heterocycles. The smallest absolute Gasteiger partial charge is 0.311 e. The lowest BCUT2D eigenvalue weighted by Gasteiger charge is -2.20. The Hall–Kier alpha value is -1.59. The highest BCUT2D eigenvalue weighted by atomic mass is 16.4. The van der Waals surface area contributed by atoms with Crippen molar-refractivity contribution in [1.82, 2.24) is 10.2 Å². The number of nitrogens with one attached hydrogen (secondary N) is 1. The molecule has 0 aromatic rings. The van der Waals surface area contributed by atoms with Crippen molar-refractivity contribution in [2.75, 3.05) is 19.6 Å². The first-order valence-corrected chi connectivity index (χ1v) is 7.71. The van der Waals surface area contributed by atoms with Gasteiger partial charge in [-0.15, -0.1) is 0 Å². The molecule has 6 nitrogen and oxygen atoms in total. The molecule has 1 atom stereocenters. The maximum atomic E-state index is 12.0. The zero-order valence-corrected chi connectivity index (χ0v) is 12.6. The van der Waals surface area contributed by atoms with Gasteiger partial charge in [-0.25, -0.2) is 0 Å². The second-order valence-corrected chi connectivity index (χ2v) is 6.45. The number of nitrogens with zero attached hydrogens (tertiary/aromatic N) is 1. The summed E-state index contributed by atoms with van der Waals surface area (Å²) in [5.74, 6) is -0.765. The molecule has 2 rings (SSSR count). The number of hydrogen-bond donors (Lipinski definition) is 2. The van der Waals surface area contributed by atoms with Crippen molar-refractivity contribution in [1.29, 1.82) is 0 Å². The van der Waals surface area contributed by atoms with Gasteiger partial charge in [0.15, 0.2) is 0 Å². The van der Waals surface area contributed by atoms with E-state index < -0.39 is 11.4 Å². The standard InChI is InChI=1S/C15H24N2O4/c1-15(14(20)21)7-9-17(10-15)12(18)6-8-16-13(19)11-4-2-3-5-11/h11H,2-10H2,1H3,(H,16,19)(H,20,21). The van der Waals surface area contributed by atoms with Gasteiger partial charge in [-0.05, 0) is 26.2 Å². The van der Waals surface area contributed by atoms with Gasteiger partial charge in [-0.3, -0.25) is 14.4 Å². The lowest BCUT2D eigenvalue weighted by molar-refractivity contribution is -0.147. The van der Waals surface area contributed by atoms with Crippen LogP contribution in [-0.2, 0) is 14.4 Å². The topological polar surface area (TPSA) is 86.7 Å². The van der Waals surface area contributed by atoms with Crippen molar-refractivity contribution in [3.8, 4) is 0 Å². The van der Waals surface area contributed by atoms with Crippen LogP contribution in [0.1, 0.15) is 45.4 Å². The Balaban J connectivity index is 1.70. The molecule has 0 radical (unpaired) electrons. The summed E-state index contributed by atoms with van der Waals surface area (Å²) in [7, 11) is 0. The average molecular weight is 296 g/mol. The van der Waals surface area contributed by atoms with Crippen LogP contribution in [0.5, 0.6) is 0 Å². The van der Waals surface area contributed by atoms with Gasteiger partial charge in [-0.2, -0.15) is 0 Å². The third-order valence-electron chi connectivity index (χ3n) is 4.71. The monoisotopic (exact) mass is 296 g/mol. The molecule has 1 heterocycles. The molecule has 1 saturated heterocycles. The highest BCUT2D eigenvalue weighted by molar-refractivity contribution is 5.82. The van der Waals surface area contributed by atoms with Crippen LogP contribution in [0.4, 0.5) is 0 Å². The van der Waals surface area contributed by atoms with Gasteiger partial charge >= 0.3 is 5.97 Å². The number of carboxylic acids is 1. The van der Waals surface area contributed by atoms with E-state index in [9.17, 15) is 14.4 Å². The molecule has 6 heteroatoms. The van der Waals surface area contributed by atoms with Crippen LogP contribution in [0.25, 0.3) is 0 Å². The molecule has 2 fully saturated rings. The largest absolute Gasteiger partial charge is 0.481 e. The van der Waals surface area contributed by atoms with Crippen molar-refractivity contribution in [2.45, 2.75) is 45.4 Å². The third-order valence-corrected chi connectivity index (χ3v) is 4.71. The van der Waals surface area contributed by atoms with Gasteiger partial charge in [0.25, 0.3) is 0 Å². The average Bonchev–Trinajstić information content (AvgIpc) is 3.08. The summed E-state index contributed by atoms with van der Waals surface area (Å²) in [6.45, 7) is 2.76. The van der Waals surface area contributed by atoms with Crippen LogP contribution in [0, 0.1) is 11.3 Å². The Bertz CT molecular complexity index is 431. The molecule has 118 valence electrons. The normalized spacial score (nSPS) is 26.0. The lowest BCUT2D eigenvalue weighted by atomic mass is 9.90. The molecular weight excluding hydrogens is 272 g/mol. The van der Waals surface area contributed by atoms with Crippen molar-refractivity contribution in [3.63, 3.8) is 0 Å². The van der Waals surface area contributed by atoms with Gasteiger partial charge in [0.1, 0.15) is 0 Å². The molecule has 21 heavy (non-hydrogen) atoms. The molecule has 0 aromatic carbocycles. The summed E-state index contributed by atoms with van der Waals surface area (Å²) in [4.78, 5) is 36.6. The number of likely N-dealkylation sites (tertiary alicyclic amines) is 1. The second-order valence-electron chi connectivity index (χ2n) is 6.45. The highest BCUT2D eigenvalue weighted by Crippen LogP contribution is 2.30. The third kappa shape index (κ3) is 3.74. The molecule has 1 saturated carbocycles. The van der Waals surface area contributed by atoms with Crippen LogP contribution >= 0.6 is 0 Å². The summed E-state index contributed by atoms with van der Waals surface area (Å²) in [6, 6.07) is 0. The molecular formula is C15H24N2O4. The minimum Gasteiger partial charge on any atom is -0.481 e. The van der Waals surface area contributed by atoms with E-state index in [0.717, 1.165) is 25.7 Å². The number of carbonyl (C=O) groups is 3. The van der Waals surface area contributed by atoms with Crippen molar-refractivity contribution in [2.24, 2.45) is 11.3 Å². The first-order chi connectivity index (χ1) is 9.92. The Morgan fingerprint density at radius 1 is 1.29 bits per heavy atom. The van der Waals surface area contributed by atoms with Gasteiger partial charge in [0.2, 0.25) is 11.8 Å². The van der Waals surface area contributed by atoms with Crippen molar-refractivity contribution in [3.05, 3.63) is 0 Å². The summed E-state index contributed by atoms with van der Waals surface area (Å²) in [6.07, 6.45) is 4.85. The minimum absolute atomic E-state index is 0.0529. The van der Waals surface area contributed by atoms with E-state index in [1.165, 1.54) is 0 Å². The summed E-state index contributed by atoms with van der Waals surface area (Å²) in [5, 5.41) is 12.0. The molecule has 0 aromatic heterocycles. The minimum atomic E-state index is -0.854. The molecule has 1 unspecified atom stereocenters. The van der Waals surface area contributed by atoms with Crippen LogP contribution in [-0.4, -0.2) is 47.4 Å². The van der Waals surface area contributed by atoms with E-state index in [-0.39, 0.29) is 30.7 Å². The molecule has 2 N–H and O–H groups in total. The van der Waals surface area contributed by atoms with Gasteiger partial charge in [0, 0.05) is 32.0 Å². The van der Waals surface area contributed by atoms with E-state index in [1.807, 2.05) is 0 Å². The second kappa shape index (κ2) is 6.45. The molecule has 0 spiro atoms. The van der Waals surface area contributed by atoms with E-state index in [0.29, 0.717) is 19.5 Å². The maximum absolute atomic E-state index is 12.0. The first-order valence-electron chi connectivity index (χ1n) is 7.71. The van der Waals surface area contributed by atoms with E-state index in [1.54, 1.807) is 11.8 Å². The van der Waals surface area contributed by atoms with Crippen LogP contribution < -0.4 is 5.32 Å². The maximum Gasteiger partial charge on any atom is 0.311 e. The fraction of sp³-hybridized carbons (Fsp3) is 0.800. The summed E-state index contributed by atoms with van der Waals surface area (Å²) in [5.41, 5.74) is -0.831. The van der Waals surface area contributed by atoms with Gasteiger partial charge in [0.05, 0.1) is 5.41 Å². The lowest BCUT2D eigenvalue weighted by Crippen LogP contribution is -2.37. The van der Waals surface area contributed by atoms with Crippen LogP contribution in [0.2, 0.25) is 0 Å². The van der Waals surface area contributed by atoms with E-state index >= 15 is 0 Å². The quantitative estimate of drug-likeness (QED) is 0.792. The van der Waals surface area contributed by atoms with E-state index in [2.05, 4.69) is 5.32 Å². The fourth-order valence-corrected chi connectivity index (χ4v) is 3.13. The summed E-state index contributed by atoms with van der Waals surface area (Å²) < 4.78 is 0. The zero-order valence-electron chi connectivity index (χ0n) is 12.6. The Morgan fingerprint density at radius 2 is 1.95 bits per heavy atom. The first kappa shape index (κ1) is 15.8. The summed E-state index contributed by atoms with van der Waals surface area (Å²) >= 11 is 0. The molecule has 1 aliphatic carbocycles. The number of amides is 2. The number of hydrogen-bond acceptors (Lipinski definition) is 3. The predicted molar refractivity (Wildman–Crippen MR) is 76.5 cm³/mol. The molecule has 0 bridgehead atoms. The molecule has 2 amide bonds. The van der Waals surface area contributed by atoms with Crippen molar-refractivity contribution >= 4 is 17.8 Å². The van der Waals surface area contributed by atoms with E-state index in [4.69, 9.17) is 5.11 Å². The molecule has 2 aliphatic rings. The van der Waals surface area contributed by atoms with Crippen LogP contribution in [0.3, 0.4) is 0 Å². The number of rotatable bonds is 5. The van der Waals surface area contributed by atoms with Crippen LogP contribution in [0.15, 0.2) is 0 Å². The number of aliphatic carboxylic acids is 1. The fourth-order valence-electron chi connectivity index (χ4n) is 3.13. The Kier molecular flexibility index (Phi) is 4.85.